The zero-order chi connectivity index (χ0) is 10.3. The number of benzene rings is 1. The highest BCUT2D eigenvalue weighted by Gasteiger charge is 2.30. The van der Waals surface area contributed by atoms with Crippen LogP contribution >= 0.6 is 15.9 Å². The SMILES string of the molecule is FC(F)(F)c1ccc2oc(Br)cc2c1. The predicted molar refractivity (Wildman–Crippen MR) is 48.9 cm³/mol. The minimum Gasteiger partial charge on any atom is -0.449 e. The van der Waals surface area contributed by atoms with Crippen molar-refractivity contribution in [2.75, 3.05) is 0 Å². The maximum absolute atomic E-state index is 12.3. The van der Waals surface area contributed by atoms with Crippen LogP contribution in [0.4, 0.5) is 13.2 Å². The van der Waals surface area contributed by atoms with Gasteiger partial charge in [0.2, 0.25) is 0 Å². The summed E-state index contributed by atoms with van der Waals surface area (Å²) in [5, 5.41) is 0.437. The van der Waals surface area contributed by atoms with Gasteiger partial charge in [-0.25, -0.2) is 0 Å². The first-order valence-electron chi connectivity index (χ1n) is 3.73. The highest BCUT2D eigenvalue weighted by molar-refractivity contribution is 9.10. The topological polar surface area (TPSA) is 13.1 Å². The Kier molecular flexibility index (Phi) is 2.06. The zero-order valence-corrected chi connectivity index (χ0v) is 8.32. The van der Waals surface area contributed by atoms with Gasteiger partial charge >= 0.3 is 6.18 Å². The maximum Gasteiger partial charge on any atom is 0.416 e. The molecule has 1 heterocycles. The van der Waals surface area contributed by atoms with Crippen LogP contribution in [0.1, 0.15) is 5.56 Å². The van der Waals surface area contributed by atoms with E-state index in [9.17, 15) is 13.2 Å². The van der Waals surface area contributed by atoms with E-state index in [1.165, 1.54) is 12.1 Å². The lowest BCUT2D eigenvalue weighted by Crippen LogP contribution is -2.03. The summed E-state index contributed by atoms with van der Waals surface area (Å²) in [6.07, 6.45) is -4.31. The van der Waals surface area contributed by atoms with Gasteiger partial charge in [0.1, 0.15) is 5.58 Å². The molecule has 0 fully saturated rings. The predicted octanol–water partition coefficient (Wildman–Crippen LogP) is 4.21. The fourth-order valence-corrected chi connectivity index (χ4v) is 1.61. The Morgan fingerprint density at radius 3 is 2.50 bits per heavy atom. The van der Waals surface area contributed by atoms with Crippen molar-refractivity contribution < 1.29 is 17.6 Å². The van der Waals surface area contributed by atoms with Gasteiger partial charge < -0.3 is 4.42 Å². The molecule has 1 nitrogen and oxygen atoms in total. The molecule has 0 spiro atoms. The van der Waals surface area contributed by atoms with Crippen LogP contribution in [0.3, 0.4) is 0 Å². The number of fused-ring (bicyclic) bond motifs is 1. The number of halogens is 4. The molecule has 1 aromatic carbocycles. The molecular formula is C9H4BrF3O. The Balaban J connectivity index is 2.62. The van der Waals surface area contributed by atoms with Gasteiger partial charge in [-0.15, -0.1) is 0 Å². The lowest BCUT2D eigenvalue weighted by atomic mass is 10.1. The molecule has 0 bridgehead atoms. The van der Waals surface area contributed by atoms with Crippen molar-refractivity contribution in [3.05, 3.63) is 34.5 Å². The average Bonchev–Trinajstić information content (AvgIpc) is 2.41. The third kappa shape index (κ3) is 1.64. The van der Waals surface area contributed by atoms with Crippen LogP contribution in [-0.4, -0.2) is 0 Å². The molecule has 0 N–H and O–H groups in total. The van der Waals surface area contributed by atoms with E-state index in [1.807, 2.05) is 0 Å². The van der Waals surface area contributed by atoms with E-state index in [0.29, 0.717) is 15.6 Å². The molecule has 0 saturated carbocycles. The van der Waals surface area contributed by atoms with E-state index in [0.717, 1.165) is 12.1 Å². The molecule has 14 heavy (non-hydrogen) atoms. The highest BCUT2D eigenvalue weighted by atomic mass is 79.9. The Labute approximate surface area is 85.6 Å². The molecule has 0 radical (unpaired) electrons. The third-order valence-electron chi connectivity index (χ3n) is 1.81. The minimum absolute atomic E-state index is 0.423. The number of alkyl halides is 3. The van der Waals surface area contributed by atoms with Gasteiger partial charge in [0.25, 0.3) is 0 Å². The summed E-state index contributed by atoms with van der Waals surface area (Å²) in [7, 11) is 0. The quantitative estimate of drug-likeness (QED) is 0.695. The molecule has 0 saturated heterocycles. The van der Waals surface area contributed by atoms with Crippen molar-refractivity contribution in [3.8, 4) is 0 Å². The summed E-state index contributed by atoms with van der Waals surface area (Å²) in [5.41, 5.74) is -0.233. The van der Waals surface area contributed by atoms with Crippen molar-refractivity contribution in [3.63, 3.8) is 0 Å². The van der Waals surface area contributed by atoms with E-state index in [1.54, 1.807) is 0 Å². The van der Waals surface area contributed by atoms with Crippen LogP contribution in [0.25, 0.3) is 11.0 Å². The van der Waals surface area contributed by atoms with Crippen molar-refractivity contribution >= 4 is 26.9 Å². The van der Waals surface area contributed by atoms with E-state index >= 15 is 0 Å². The lowest BCUT2D eigenvalue weighted by molar-refractivity contribution is -0.137. The maximum atomic E-state index is 12.3. The van der Waals surface area contributed by atoms with Crippen LogP contribution < -0.4 is 0 Å². The first-order valence-corrected chi connectivity index (χ1v) is 4.52. The van der Waals surface area contributed by atoms with Gasteiger partial charge in [0.05, 0.1) is 5.56 Å². The van der Waals surface area contributed by atoms with E-state index < -0.39 is 11.7 Å². The van der Waals surface area contributed by atoms with Crippen LogP contribution in [0.2, 0.25) is 0 Å². The van der Waals surface area contributed by atoms with Gasteiger partial charge in [0.15, 0.2) is 4.67 Å². The molecular weight excluding hydrogens is 261 g/mol. The summed E-state index contributed by atoms with van der Waals surface area (Å²) in [4.78, 5) is 0. The van der Waals surface area contributed by atoms with Gasteiger partial charge in [-0.05, 0) is 40.2 Å². The smallest absolute Gasteiger partial charge is 0.416 e. The Morgan fingerprint density at radius 1 is 1.14 bits per heavy atom. The van der Waals surface area contributed by atoms with E-state index in [-0.39, 0.29) is 0 Å². The van der Waals surface area contributed by atoms with Crippen LogP contribution in [-0.2, 0) is 6.18 Å². The van der Waals surface area contributed by atoms with Crippen LogP contribution in [0, 0.1) is 0 Å². The largest absolute Gasteiger partial charge is 0.449 e. The summed E-state index contributed by atoms with van der Waals surface area (Å²) in [6, 6.07) is 4.87. The average molecular weight is 265 g/mol. The summed E-state index contributed by atoms with van der Waals surface area (Å²) >= 11 is 3.05. The van der Waals surface area contributed by atoms with Crippen LogP contribution in [0.5, 0.6) is 0 Å². The monoisotopic (exact) mass is 264 g/mol. The Morgan fingerprint density at radius 2 is 1.86 bits per heavy atom. The summed E-state index contributed by atoms with van der Waals surface area (Å²) in [5.74, 6) is 0. The van der Waals surface area contributed by atoms with Crippen molar-refractivity contribution in [1.29, 1.82) is 0 Å². The molecule has 0 aliphatic rings. The van der Waals surface area contributed by atoms with Crippen molar-refractivity contribution in [2.45, 2.75) is 6.18 Å². The molecule has 0 aliphatic heterocycles. The first-order chi connectivity index (χ1) is 6.47. The number of hydrogen-bond donors (Lipinski definition) is 0. The molecule has 2 rings (SSSR count). The molecule has 0 aliphatic carbocycles. The molecule has 0 amide bonds. The van der Waals surface area contributed by atoms with Gasteiger partial charge in [-0.2, -0.15) is 13.2 Å². The number of furan rings is 1. The lowest BCUT2D eigenvalue weighted by Gasteiger charge is -2.04. The summed E-state index contributed by atoms with van der Waals surface area (Å²) < 4.78 is 42.3. The molecule has 0 atom stereocenters. The normalized spacial score (nSPS) is 12.3. The minimum atomic E-state index is -4.31. The number of rotatable bonds is 0. The number of hydrogen-bond acceptors (Lipinski definition) is 1. The summed E-state index contributed by atoms with van der Waals surface area (Å²) in [6.45, 7) is 0. The van der Waals surface area contributed by atoms with E-state index in [2.05, 4.69) is 15.9 Å². The van der Waals surface area contributed by atoms with Gasteiger partial charge in [0, 0.05) is 5.39 Å². The molecule has 5 heteroatoms. The Hall–Kier alpha value is -0.970. The van der Waals surface area contributed by atoms with Gasteiger partial charge in [-0.3, -0.25) is 0 Å². The second-order valence-corrected chi connectivity index (χ2v) is 3.58. The molecule has 1 aromatic heterocycles. The third-order valence-corrected chi connectivity index (χ3v) is 2.20. The first kappa shape index (κ1) is 9.58. The standard InChI is InChI=1S/C9H4BrF3O/c10-8-4-5-3-6(9(11,12)13)1-2-7(5)14-8/h1-4H. The van der Waals surface area contributed by atoms with Gasteiger partial charge in [-0.1, -0.05) is 0 Å². The highest BCUT2D eigenvalue weighted by Crippen LogP contribution is 2.33. The fraction of sp³-hybridized carbons (Fsp3) is 0.111. The molecule has 74 valence electrons. The second-order valence-electron chi connectivity index (χ2n) is 2.80. The zero-order valence-electron chi connectivity index (χ0n) is 6.73. The molecule has 2 aromatic rings. The van der Waals surface area contributed by atoms with Crippen molar-refractivity contribution in [1.82, 2.24) is 0 Å². The van der Waals surface area contributed by atoms with E-state index in [4.69, 9.17) is 4.42 Å². The van der Waals surface area contributed by atoms with Crippen LogP contribution in [0.15, 0.2) is 33.4 Å². The fourth-order valence-electron chi connectivity index (χ4n) is 1.19. The Bertz CT molecular complexity index is 472. The van der Waals surface area contributed by atoms with Crippen molar-refractivity contribution in [2.24, 2.45) is 0 Å². The second kappa shape index (κ2) is 3.02. The molecule has 0 unspecified atom stereocenters.